The topological polar surface area (TPSA) is 47.1 Å². The van der Waals surface area contributed by atoms with E-state index in [4.69, 9.17) is 18.0 Å². The molecule has 0 saturated carbocycles. The van der Waals surface area contributed by atoms with Crippen LogP contribution >= 0.6 is 12.2 Å². The number of benzene rings is 1. The van der Waals surface area contributed by atoms with Gasteiger partial charge in [-0.2, -0.15) is 5.10 Å². The normalized spacial score (nSPS) is 12.1. The molecule has 0 aliphatic rings. The van der Waals surface area contributed by atoms with Gasteiger partial charge in [-0.05, 0) is 31.5 Å². The lowest BCUT2D eigenvalue weighted by Crippen LogP contribution is -2.21. The molecule has 2 aromatic rings. The maximum absolute atomic E-state index is 5.79. The number of anilines is 1. The van der Waals surface area contributed by atoms with E-state index in [0.29, 0.717) is 11.0 Å². The second kappa shape index (κ2) is 6.72. The predicted octanol–water partition coefficient (Wildman–Crippen LogP) is 3.12. The largest absolute Gasteiger partial charge is 0.389 e. The van der Waals surface area contributed by atoms with Gasteiger partial charge in [0.25, 0.3) is 0 Å². The van der Waals surface area contributed by atoms with Crippen LogP contribution < -0.4 is 10.6 Å². The molecule has 4 nitrogen and oxygen atoms in total. The average molecular weight is 302 g/mol. The molecule has 1 aromatic carbocycles. The van der Waals surface area contributed by atoms with Crippen molar-refractivity contribution in [1.82, 2.24) is 9.78 Å². The first kappa shape index (κ1) is 15.5. The summed E-state index contributed by atoms with van der Waals surface area (Å²) in [6, 6.07) is 10.4. The van der Waals surface area contributed by atoms with Crippen LogP contribution in [0.5, 0.6) is 0 Å². The molecule has 2 N–H and O–H groups in total. The molecule has 5 heteroatoms. The fourth-order valence-electron chi connectivity index (χ4n) is 2.24. The standard InChI is InChI=1S/C16H22N4S/c1-4-12(2)20-10-9-13(18-20)11-19(3)15-8-6-5-7-14(15)16(17)21/h5-10,12H,4,11H2,1-3H3,(H2,17,21). The Morgan fingerprint density at radius 2 is 2.10 bits per heavy atom. The zero-order valence-electron chi connectivity index (χ0n) is 12.8. The van der Waals surface area contributed by atoms with Gasteiger partial charge < -0.3 is 10.6 Å². The SMILES string of the molecule is CCC(C)n1ccc(CN(C)c2ccccc2C(N)=S)n1. The monoisotopic (exact) mass is 302 g/mol. The molecule has 21 heavy (non-hydrogen) atoms. The molecular formula is C16H22N4S. The van der Waals surface area contributed by atoms with Crippen LogP contribution in [0.2, 0.25) is 0 Å². The highest BCUT2D eigenvalue weighted by Crippen LogP contribution is 2.21. The number of para-hydroxylation sites is 1. The van der Waals surface area contributed by atoms with Gasteiger partial charge in [-0.15, -0.1) is 0 Å². The van der Waals surface area contributed by atoms with Gasteiger partial charge in [0.2, 0.25) is 0 Å². The first-order valence-electron chi connectivity index (χ1n) is 7.17. The van der Waals surface area contributed by atoms with Crippen molar-refractivity contribution in [3.63, 3.8) is 0 Å². The lowest BCUT2D eigenvalue weighted by Gasteiger charge is -2.21. The van der Waals surface area contributed by atoms with E-state index in [9.17, 15) is 0 Å². The van der Waals surface area contributed by atoms with Crippen LogP contribution in [0, 0.1) is 0 Å². The first-order valence-corrected chi connectivity index (χ1v) is 7.57. The second-order valence-corrected chi connectivity index (χ2v) is 5.72. The molecule has 0 saturated heterocycles. The molecule has 1 atom stereocenters. The number of nitrogens with two attached hydrogens (primary N) is 1. The molecule has 0 aliphatic carbocycles. The average Bonchev–Trinajstić information content (AvgIpc) is 2.94. The molecule has 0 bridgehead atoms. The Kier molecular flexibility index (Phi) is 4.96. The van der Waals surface area contributed by atoms with Crippen LogP contribution in [0.25, 0.3) is 0 Å². The van der Waals surface area contributed by atoms with Crippen LogP contribution in [0.4, 0.5) is 5.69 Å². The van der Waals surface area contributed by atoms with Crippen LogP contribution in [-0.4, -0.2) is 21.8 Å². The molecule has 0 spiro atoms. The van der Waals surface area contributed by atoms with Gasteiger partial charge in [0.15, 0.2) is 0 Å². The minimum atomic E-state index is 0.419. The van der Waals surface area contributed by atoms with Crippen molar-refractivity contribution in [2.24, 2.45) is 5.73 Å². The predicted molar refractivity (Wildman–Crippen MR) is 91.7 cm³/mol. The lowest BCUT2D eigenvalue weighted by molar-refractivity contribution is 0.473. The second-order valence-electron chi connectivity index (χ2n) is 5.28. The van der Waals surface area contributed by atoms with Crippen molar-refractivity contribution in [3.05, 3.63) is 47.8 Å². The van der Waals surface area contributed by atoms with E-state index in [0.717, 1.165) is 29.9 Å². The van der Waals surface area contributed by atoms with E-state index < -0.39 is 0 Å². The fraction of sp³-hybridized carbons (Fsp3) is 0.375. The van der Waals surface area contributed by atoms with Gasteiger partial charge in [-0.3, -0.25) is 4.68 Å². The minimum absolute atomic E-state index is 0.419. The summed E-state index contributed by atoms with van der Waals surface area (Å²) in [7, 11) is 2.03. The smallest absolute Gasteiger partial charge is 0.106 e. The van der Waals surface area contributed by atoms with Crippen LogP contribution in [0.1, 0.15) is 37.6 Å². The van der Waals surface area contributed by atoms with Gasteiger partial charge in [0.05, 0.1) is 12.2 Å². The number of nitrogens with zero attached hydrogens (tertiary/aromatic N) is 3. The van der Waals surface area contributed by atoms with Crippen molar-refractivity contribution in [3.8, 4) is 0 Å². The molecular weight excluding hydrogens is 280 g/mol. The van der Waals surface area contributed by atoms with E-state index in [1.807, 2.05) is 42.2 Å². The zero-order valence-corrected chi connectivity index (χ0v) is 13.6. The van der Waals surface area contributed by atoms with Crippen LogP contribution in [0.15, 0.2) is 36.5 Å². The van der Waals surface area contributed by atoms with Crippen molar-refractivity contribution < 1.29 is 0 Å². The maximum atomic E-state index is 5.79. The van der Waals surface area contributed by atoms with Crippen molar-refractivity contribution in [1.29, 1.82) is 0 Å². The quantitative estimate of drug-likeness (QED) is 0.833. The summed E-state index contributed by atoms with van der Waals surface area (Å²) in [4.78, 5) is 2.54. The van der Waals surface area contributed by atoms with E-state index in [-0.39, 0.29) is 0 Å². The highest BCUT2D eigenvalue weighted by atomic mass is 32.1. The third kappa shape index (κ3) is 3.61. The van der Waals surface area contributed by atoms with Gasteiger partial charge in [-0.25, -0.2) is 0 Å². The molecule has 1 unspecified atom stereocenters. The summed E-state index contributed by atoms with van der Waals surface area (Å²) in [5.41, 5.74) is 8.76. The Morgan fingerprint density at radius 1 is 1.38 bits per heavy atom. The lowest BCUT2D eigenvalue weighted by atomic mass is 10.1. The van der Waals surface area contributed by atoms with Gasteiger partial charge in [0.1, 0.15) is 4.99 Å². The van der Waals surface area contributed by atoms with E-state index >= 15 is 0 Å². The summed E-state index contributed by atoms with van der Waals surface area (Å²) < 4.78 is 2.02. The number of hydrogen-bond donors (Lipinski definition) is 1. The Balaban J connectivity index is 2.16. The molecule has 0 fully saturated rings. The van der Waals surface area contributed by atoms with E-state index in [1.54, 1.807) is 0 Å². The third-order valence-electron chi connectivity index (χ3n) is 3.69. The van der Waals surface area contributed by atoms with Crippen molar-refractivity contribution in [2.45, 2.75) is 32.9 Å². The molecule has 0 aliphatic heterocycles. The zero-order chi connectivity index (χ0) is 15.4. The molecule has 0 amide bonds. The Hall–Kier alpha value is -1.88. The fourth-order valence-corrected chi connectivity index (χ4v) is 2.41. The molecule has 2 rings (SSSR count). The highest BCUT2D eigenvalue weighted by molar-refractivity contribution is 7.80. The first-order chi connectivity index (χ1) is 10.0. The minimum Gasteiger partial charge on any atom is -0.389 e. The molecule has 1 heterocycles. The van der Waals surface area contributed by atoms with E-state index in [1.165, 1.54) is 0 Å². The van der Waals surface area contributed by atoms with Gasteiger partial charge in [0, 0.05) is 30.5 Å². The van der Waals surface area contributed by atoms with Crippen LogP contribution in [0.3, 0.4) is 0 Å². The van der Waals surface area contributed by atoms with Gasteiger partial charge >= 0.3 is 0 Å². The highest BCUT2D eigenvalue weighted by Gasteiger charge is 2.11. The number of thiocarbonyl (C=S) groups is 1. The molecule has 1 aromatic heterocycles. The summed E-state index contributed by atoms with van der Waals surface area (Å²) in [5, 5.41) is 4.63. The molecule has 112 valence electrons. The van der Waals surface area contributed by atoms with Gasteiger partial charge in [-0.1, -0.05) is 31.3 Å². The summed E-state index contributed by atoms with van der Waals surface area (Å²) >= 11 is 5.12. The maximum Gasteiger partial charge on any atom is 0.106 e. The number of rotatable bonds is 6. The Morgan fingerprint density at radius 3 is 2.76 bits per heavy atom. The Bertz CT molecular complexity index is 620. The van der Waals surface area contributed by atoms with Crippen molar-refractivity contribution in [2.75, 3.05) is 11.9 Å². The van der Waals surface area contributed by atoms with E-state index in [2.05, 4.69) is 29.9 Å². The number of aromatic nitrogens is 2. The van der Waals surface area contributed by atoms with Crippen LogP contribution in [-0.2, 0) is 6.54 Å². The summed E-state index contributed by atoms with van der Waals surface area (Å²) in [5.74, 6) is 0. The summed E-state index contributed by atoms with van der Waals surface area (Å²) in [6.45, 7) is 5.06. The Labute approximate surface area is 131 Å². The van der Waals surface area contributed by atoms with Crippen molar-refractivity contribution >= 4 is 22.9 Å². The third-order valence-corrected chi connectivity index (χ3v) is 3.91. The number of hydrogen-bond acceptors (Lipinski definition) is 3. The summed E-state index contributed by atoms with van der Waals surface area (Å²) in [6.07, 6.45) is 3.11. The molecule has 0 radical (unpaired) electrons.